The van der Waals surface area contributed by atoms with Crippen molar-refractivity contribution in [1.29, 1.82) is 0 Å². The molecular weight excluding hydrogens is 192 g/mol. The van der Waals surface area contributed by atoms with Gasteiger partial charge in [0.05, 0.1) is 24.3 Å². The minimum absolute atomic E-state index is 0.418. The second-order valence-electron chi connectivity index (χ2n) is 3.03. The Morgan fingerprint density at radius 2 is 2.40 bits per heavy atom. The van der Waals surface area contributed by atoms with E-state index in [1.807, 2.05) is 25.2 Å². The largest absolute Gasteiger partial charge is 0.484 e. The molecule has 0 radical (unpaired) electrons. The van der Waals surface area contributed by atoms with Crippen molar-refractivity contribution in [3.63, 3.8) is 0 Å². The number of rotatable bonds is 4. The summed E-state index contributed by atoms with van der Waals surface area (Å²) in [6.07, 6.45) is 5.03. The third-order valence-corrected chi connectivity index (χ3v) is 1.96. The number of hydrogen-bond donors (Lipinski definition) is 1. The second-order valence-corrected chi connectivity index (χ2v) is 3.03. The number of aromatic nitrogens is 1. The summed E-state index contributed by atoms with van der Waals surface area (Å²) in [4.78, 5) is 4.04. The number of ether oxygens (including phenoxy) is 1. The van der Waals surface area contributed by atoms with Gasteiger partial charge in [0.25, 0.3) is 0 Å². The first-order valence-electron chi connectivity index (χ1n) is 4.66. The van der Waals surface area contributed by atoms with E-state index in [1.165, 1.54) is 0 Å². The summed E-state index contributed by atoms with van der Waals surface area (Å²) < 4.78 is 10.6. The average molecular weight is 204 g/mol. The topological polar surface area (TPSA) is 47.3 Å². The highest BCUT2D eigenvalue weighted by atomic mass is 16.5. The Balaban J connectivity index is 1.98. The predicted octanol–water partition coefficient (Wildman–Crippen LogP) is 2.30. The van der Waals surface area contributed by atoms with Crippen LogP contribution in [0.5, 0.6) is 5.75 Å². The van der Waals surface area contributed by atoms with E-state index in [0.29, 0.717) is 6.61 Å². The number of hydrogen-bond acceptors (Lipinski definition) is 4. The third-order valence-electron chi connectivity index (χ3n) is 1.96. The normalized spacial score (nSPS) is 9.93. The number of nitrogens with zero attached hydrogens (tertiary/aromatic N) is 1. The lowest BCUT2D eigenvalue weighted by atomic mass is 10.4. The van der Waals surface area contributed by atoms with E-state index in [4.69, 9.17) is 9.15 Å². The summed E-state index contributed by atoms with van der Waals surface area (Å²) in [5.41, 5.74) is 0.923. The smallest absolute Gasteiger partial charge is 0.146 e. The predicted molar refractivity (Wildman–Crippen MR) is 56.8 cm³/mol. The van der Waals surface area contributed by atoms with Crippen LogP contribution in [0.3, 0.4) is 0 Å². The van der Waals surface area contributed by atoms with E-state index in [0.717, 1.165) is 17.2 Å². The van der Waals surface area contributed by atoms with Gasteiger partial charge in [0.15, 0.2) is 0 Å². The van der Waals surface area contributed by atoms with E-state index in [9.17, 15) is 0 Å². The lowest BCUT2D eigenvalue weighted by Gasteiger charge is -2.05. The maximum atomic E-state index is 5.50. The van der Waals surface area contributed by atoms with Crippen LogP contribution in [0, 0.1) is 0 Å². The summed E-state index contributed by atoms with van der Waals surface area (Å²) in [5.74, 6) is 1.52. The summed E-state index contributed by atoms with van der Waals surface area (Å²) in [6.45, 7) is 0.418. The van der Waals surface area contributed by atoms with Crippen molar-refractivity contribution < 1.29 is 9.15 Å². The van der Waals surface area contributed by atoms with Crippen molar-refractivity contribution in [3.8, 4) is 5.75 Å². The molecule has 1 N–H and O–H groups in total. The van der Waals surface area contributed by atoms with Gasteiger partial charge in [0.2, 0.25) is 0 Å². The van der Waals surface area contributed by atoms with E-state index in [-0.39, 0.29) is 0 Å². The van der Waals surface area contributed by atoms with Gasteiger partial charge in [-0.15, -0.1) is 0 Å². The maximum absolute atomic E-state index is 5.50. The average Bonchev–Trinajstić information content (AvgIpc) is 2.79. The standard InChI is InChI=1S/C11H12N2O2/c1-12-9-5-11(7-13-6-9)15-8-10-3-2-4-14-10/h2-7,12H,8H2,1H3. The van der Waals surface area contributed by atoms with E-state index in [1.54, 1.807) is 18.7 Å². The van der Waals surface area contributed by atoms with Gasteiger partial charge >= 0.3 is 0 Å². The van der Waals surface area contributed by atoms with Gasteiger partial charge in [-0.1, -0.05) is 0 Å². The summed E-state index contributed by atoms with van der Waals surface area (Å²) in [5, 5.41) is 2.99. The molecule has 4 nitrogen and oxygen atoms in total. The number of pyridine rings is 1. The minimum Gasteiger partial charge on any atom is -0.484 e. The molecule has 0 atom stereocenters. The summed E-state index contributed by atoms with van der Waals surface area (Å²) in [6, 6.07) is 5.59. The fourth-order valence-electron chi connectivity index (χ4n) is 1.18. The van der Waals surface area contributed by atoms with Crippen LogP contribution in [0.4, 0.5) is 5.69 Å². The lowest BCUT2D eigenvalue weighted by Crippen LogP contribution is -1.95. The Labute approximate surface area is 87.9 Å². The Hall–Kier alpha value is -1.97. The fourth-order valence-corrected chi connectivity index (χ4v) is 1.18. The molecule has 0 aliphatic heterocycles. The zero-order valence-electron chi connectivity index (χ0n) is 8.43. The Kier molecular flexibility index (Phi) is 2.88. The van der Waals surface area contributed by atoms with Crippen LogP contribution in [0.2, 0.25) is 0 Å². The molecule has 0 amide bonds. The van der Waals surface area contributed by atoms with E-state index >= 15 is 0 Å². The lowest BCUT2D eigenvalue weighted by molar-refractivity contribution is 0.269. The highest BCUT2D eigenvalue weighted by molar-refractivity contribution is 5.44. The van der Waals surface area contributed by atoms with Crippen molar-refractivity contribution in [2.75, 3.05) is 12.4 Å². The molecule has 0 fully saturated rings. The highest BCUT2D eigenvalue weighted by Crippen LogP contribution is 2.16. The van der Waals surface area contributed by atoms with Gasteiger partial charge in [-0.25, -0.2) is 0 Å². The minimum atomic E-state index is 0.418. The van der Waals surface area contributed by atoms with Gasteiger partial charge in [0.1, 0.15) is 18.1 Å². The number of anilines is 1. The van der Waals surface area contributed by atoms with Crippen LogP contribution in [0.25, 0.3) is 0 Å². The van der Waals surface area contributed by atoms with Crippen LogP contribution in [-0.4, -0.2) is 12.0 Å². The van der Waals surface area contributed by atoms with Crippen LogP contribution in [0.15, 0.2) is 41.3 Å². The first kappa shape index (κ1) is 9.58. The molecule has 0 saturated heterocycles. The number of furan rings is 1. The Morgan fingerprint density at radius 3 is 3.13 bits per heavy atom. The molecule has 2 rings (SSSR count). The van der Waals surface area contributed by atoms with Gasteiger partial charge < -0.3 is 14.5 Å². The second kappa shape index (κ2) is 4.50. The molecule has 2 aromatic heterocycles. The van der Waals surface area contributed by atoms with Crippen molar-refractivity contribution in [1.82, 2.24) is 4.98 Å². The first-order valence-corrected chi connectivity index (χ1v) is 4.66. The molecule has 0 bridgehead atoms. The molecule has 0 aromatic carbocycles. The SMILES string of the molecule is CNc1cncc(OCc2ccco2)c1. The maximum Gasteiger partial charge on any atom is 0.146 e. The summed E-state index contributed by atoms with van der Waals surface area (Å²) in [7, 11) is 1.84. The third kappa shape index (κ3) is 2.49. The molecule has 4 heteroatoms. The van der Waals surface area contributed by atoms with Gasteiger partial charge in [0, 0.05) is 13.1 Å². The van der Waals surface area contributed by atoms with Crippen molar-refractivity contribution in [2.24, 2.45) is 0 Å². The zero-order valence-corrected chi connectivity index (χ0v) is 8.43. The molecule has 0 spiro atoms. The van der Waals surface area contributed by atoms with Gasteiger partial charge in [-0.2, -0.15) is 0 Å². The monoisotopic (exact) mass is 204 g/mol. The van der Waals surface area contributed by atoms with Crippen molar-refractivity contribution in [2.45, 2.75) is 6.61 Å². The number of nitrogens with one attached hydrogen (secondary N) is 1. The van der Waals surface area contributed by atoms with Crippen LogP contribution in [0.1, 0.15) is 5.76 Å². The van der Waals surface area contributed by atoms with E-state index < -0.39 is 0 Å². The van der Waals surface area contributed by atoms with Crippen molar-refractivity contribution in [3.05, 3.63) is 42.6 Å². The molecule has 0 aliphatic carbocycles. The van der Waals surface area contributed by atoms with Crippen LogP contribution < -0.4 is 10.1 Å². The quantitative estimate of drug-likeness (QED) is 0.830. The van der Waals surface area contributed by atoms with Crippen LogP contribution >= 0.6 is 0 Å². The van der Waals surface area contributed by atoms with Crippen LogP contribution in [-0.2, 0) is 6.61 Å². The van der Waals surface area contributed by atoms with Gasteiger partial charge in [-0.3, -0.25) is 4.98 Å². The van der Waals surface area contributed by atoms with Crippen molar-refractivity contribution >= 4 is 5.69 Å². The molecule has 0 saturated carbocycles. The molecule has 78 valence electrons. The van der Waals surface area contributed by atoms with Gasteiger partial charge in [-0.05, 0) is 12.1 Å². The molecule has 15 heavy (non-hydrogen) atoms. The first-order chi connectivity index (χ1) is 7.38. The Morgan fingerprint density at radius 1 is 1.47 bits per heavy atom. The molecular formula is C11H12N2O2. The van der Waals surface area contributed by atoms with E-state index in [2.05, 4.69) is 10.3 Å². The Bertz CT molecular complexity index is 412. The zero-order chi connectivity index (χ0) is 10.5. The highest BCUT2D eigenvalue weighted by Gasteiger charge is 1.99. The molecule has 0 unspecified atom stereocenters. The molecule has 2 heterocycles. The molecule has 0 aliphatic rings. The molecule has 2 aromatic rings. The summed E-state index contributed by atoms with van der Waals surface area (Å²) >= 11 is 0. The fraction of sp³-hybridized carbons (Fsp3) is 0.182.